The minimum atomic E-state index is -0.195. The molecule has 0 fully saturated rings. The molecule has 1 heteroatoms. The van der Waals surface area contributed by atoms with E-state index in [-0.39, 0.29) is 5.41 Å². The summed E-state index contributed by atoms with van der Waals surface area (Å²) in [6.45, 7) is 4.74. The summed E-state index contributed by atoms with van der Waals surface area (Å²) in [7, 11) is 0. The number of hydrogen-bond donors (Lipinski definition) is 0. The average Bonchev–Trinajstić information content (AvgIpc) is 3.47. The fourth-order valence-corrected chi connectivity index (χ4v) is 10.4. The number of rotatable bonds is 3. The Balaban J connectivity index is 1.04. The third kappa shape index (κ3) is 4.27. The molecule has 0 spiro atoms. The van der Waals surface area contributed by atoms with Crippen molar-refractivity contribution in [2.75, 3.05) is 0 Å². The fraction of sp³-hybridized carbons (Fsp3) is 0.0926. The molecule has 9 aromatic rings. The van der Waals surface area contributed by atoms with Crippen LogP contribution < -0.4 is 0 Å². The molecule has 0 saturated heterocycles. The zero-order valence-corrected chi connectivity index (χ0v) is 30.9. The van der Waals surface area contributed by atoms with Gasteiger partial charge in [0.15, 0.2) is 0 Å². The molecule has 0 saturated carbocycles. The highest BCUT2D eigenvalue weighted by Gasteiger charge is 2.39. The summed E-state index contributed by atoms with van der Waals surface area (Å²) in [5.41, 5.74) is 19.2. The van der Waals surface area contributed by atoms with Crippen LogP contribution in [0.5, 0.6) is 0 Å². The number of allylic oxidation sites excluding steroid dienone is 3. The molecule has 1 heterocycles. The van der Waals surface area contributed by atoms with Gasteiger partial charge in [0, 0.05) is 16.4 Å². The third-order valence-electron chi connectivity index (χ3n) is 12.9. The monoisotopic (exact) mass is 699 g/mol. The molecule has 0 unspecified atom stereocenters. The first-order valence-electron chi connectivity index (χ1n) is 19.6. The molecule has 258 valence electrons. The van der Waals surface area contributed by atoms with E-state index in [9.17, 15) is 0 Å². The van der Waals surface area contributed by atoms with Crippen LogP contribution in [0.15, 0.2) is 158 Å². The highest BCUT2D eigenvalue weighted by Crippen LogP contribution is 2.54. The van der Waals surface area contributed by atoms with Crippen LogP contribution in [0.3, 0.4) is 0 Å². The second-order valence-corrected chi connectivity index (χ2v) is 16.1. The number of aromatic nitrogens is 1. The van der Waals surface area contributed by atoms with Gasteiger partial charge in [0.1, 0.15) is 0 Å². The summed E-state index contributed by atoms with van der Waals surface area (Å²) in [6.07, 6.45) is 9.06. The minimum absolute atomic E-state index is 0.195. The van der Waals surface area contributed by atoms with E-state index in [1.165, 1.54) is 110 Å². The summed E-state index contributed by atoms with van der Waals surface area (Å²) in [5.74, 6) is 0. The van der Waals surface area contributed by atoms with Crippen LogP contribution in [0.4, 0.5) is 0 Å². The summed E-state index contributed by atoms with van der Waals surface area (Å²) < 4.78 is 0. The van der Waals surface area contributed by atoms with Crippen LogP contribution in [0.1, 0.15) is 48.1 Å². The first-order valence-corrected chi connectivity index (χ1v) is 19.6. The maximum Gasteiger partial charge on any atom is 0.0759 e. The van der Waals surface area contributed by atoms with Gasteiger partial charge in [-0.3, -0.25) is 0 Å². The van der Waals surface area contributed by atoms with Crippen molar-refractivity contribution in [1.82, 2.24) is 4.98 Å². The van der Waals surface area contributed by atoms with Crippen molar-refractivity contribution in [3.05, 3.63) is 186 Å². The molecule has 55 heavy (non-hydrogen) atoms. The summed E-state index contributed by atoms with van der Waals surface area (Å²) >= 11 is 0. The Morgan fingerprint density at radius 1 is 0.509 bits per heavy atom. The average molecular weight is 700 g/mol. The Bertz CT molecular complexity index is 3210. The minimum Gasteiger partial charge on any atom is -0.247 e. The van der Waals surface area contributed by atoms with Gasteiger partial charge in [-0.05, 0) is 118 Å². The van der Waals surface area contributed by atoms with Crippen molar-refractivity contribution in [3.8, 4) is 44.6 Å². The molecule has 12 rings (SSSR count). The molecule has 0 bridgehead atoms. The highest BCUT2D eigenvalue weighted by atomic mass is 14.7. The van der Waals surface area contributed by atoms with Gasteiger partial charge in [-0.25, -0.2) is 4.98 Å². The molecule has 1 nitrogen and oxygen atoms in total. The second-order valence-electron chi connectivity index (χ2n) is 16.1. The van der Waals surface area contributed by atoms with Crippen LogP contribution in [0.25, 0.3) is 99.5 Å². The van der Waals surface area contributed by atoms with E-state index in [0.717, 1.165) is 24.1 Å². The number of pyridine rings is 1. The fourth-order valence-electron chi connectivity index (χ4n) is 10.4. The van der Waals surface area contributed by atoms with E-state index in [0.29, 0.717) is 0 Å². The summed E-state index contributed by atoms with van der Waals surface area (Å²) in [5, 5.41) is 9.08. The molecule has 8 aromatic carbocycles. The lowest BCUT2D eigenvalue weighted by atomic mass is 9.77. The van der Waals surface area contributed by atoms with Gasteiger partial charge in [0.05, 0.1) is 11.2 Å². The van der Waals surface area contributed by atoms with Crippen LogP contribution in [-0.4, -0.2) is 4.98 Å². The van der Waals surface area contributed by atoms with E-state index in [2.05, 4.69) is 178 Å². The molecule has 0 atom stereocenters. The third-order valence-corrected chi connectivity index (χ3v) is 12.9. The van der Waals surface area contributed by atoms with Gasteiger partial charge in [0.25, 0.3) is 0 Å². The number of benzene rings is 8. The molecule has 3 aliphatic carbocycles. The van der Waals surface area contributed by atoms with Crippen molar-refractivity contribution in [1.29, 1.82) is 0 Å². The van der Waals surface area contributed by atoms with Crippen molar-refractivity contribution in [3.63, 3.8) is 0 Å². The van der Waals surface area contributed by atoms with E-state index in [1.807, 2.05) is 0 Å². The van der Waals surface area contributed by atoms with Crippen LogP contribution in [0, 0.1) is 0 Å². The maximum atomic E-state index is 5.41. The van der Waals surface area contributed by atoms with Crippen LogP contribution in [-0.2, 0) is 11.8 Å². The Kier molecular flexibility index (Phi) is 6.30. The Morgan fingerprint density at radius 3 is 2.07 bits per heavy atom. The Labute approximate surface area is 320 Å². The lowest BCUT2D eigenvalue weighted by molar-refractivity contribution is 0.662. The van der Waals surface area contributed by atoms with Crippen molar-refractivity contribution in [2.45, 2.75) is 32.1 Å². The van der Waals surface area contributed by atoms with Gasteiger partial charge >= 0.3 is 0 Å². The van der Waals surface area contributed by atoms with Gasteiger partial charge in [0.2, 0.25) is 0 Å². The van der Waals surface area contributed by atoms with Crippen molar-refractivity contribution in [2.24, 2.45) is 0 Å². The largest absolute Gasteiger partial charge is 0.247 e. The van der Waals surface area contributed by atoms with E-state index >= 15 is 0 Å². The smallest absolute Gasteiger partial charge is 0.0759 e. The van der Waals surface area contributed by atoms with E-state index in [1.54, 1.807) is 0 Å². The molecular weight excluding hydrogens is 663 g/mol. The molecule has 3 aliphatic rings. The lowest BCUT2D eigenvalue weighted by Gasteiger charge is -2.26. The maximum absolute atomic E-state index is 5.41. The standard InChI is InChI=1S/C54H37N/c1-54(2)46-17-8-7-16-45(46)53-52(54)50(51-39-13-4-3-10-32(39)26-31-47(51)55-53)37-20-18-33(19-21-37)38-29-30-42(41-15-6-5-14-40(38)41)43-27-24-36-23-22-34-11-9-12-35-25-28-44(43)49(36)48(34)35/h3-11,13-27,29-31H,12,28H2,1-2H3. The molecule has 1 aromatic heterocycles. The Hall–Kier alpha value is -6.57. The zero-order valence-electron chi connectivity index (χ0n) is 30.9. The zero-order chi connectivity index (χ0) is 36.4. The molecule has 0 N–H and O–H groups in total. The number of nitrogens with zero attached hydrogens (tertiary/aromatic N) is 1. The lowest BCUT2D eigenvalue weighted by Crippen LogP contribution is -2.16. The SMILES string of the molecule is CC1(C)c2ccccc2-c2nc3ccc4ccccc4c3c(-c3ccc(-c4ccc(-c5ccc6ccc7c8c6c5CC=C8CC=C7)c5ccccc45)cc3)c21. The normalized spacial score (nSPS) is 14.8. The molecule has 0 aliphatic heterocycles. The van der Waals surface area contributed by atoms with Crippen molar-refractivity contribution < 1.29 is 0 Å². The van der Waals surface area contributed by atoms with Gasteiger partial charge < -0.3 is 0 Å². The van der Waals surface area contributed by atoms with Gasteiger partial charge in [-0.2, -0.15) is 0 Å². The molecule has 0 amide bonds. The molecule has 0 radical (unpaired) electrons. The predicted molar refractivity (Wildman–Crippen MR) is 233 cm³/mol. The van der Waals surface area contributed by atoms with Crippen LogP contribution in [0.2, 0.25) is 0 Å². The Morgan fingerprint density at radius 2 is 1.20 bits per heavy atom. The van der Waals surface area contributed by atoms with E-state index < -0.39 is 0 Å². The number of hydrogen-bond acceptors (Lipinski definition) is 1. The summed E-state index contributed by atoms with van der Waals surface area (Å²) in [6, 6.07) is 54.4. The molecular formula is C54H37N. The topological polar surface area (TPSA) is 12.9 Å². The second kappa shape index (κ2) is 11.2. The van der Waals surface area contributed by atoms with Gasteiger partial charge in [-0.1, -0.05) is 172 Å². The van der Waals surface area contributed by atoms with E-state index in [4.69, 9.17) is 4.98 Å². The first kappa shape index (κ1) is 30.8. The first-order chi connectivity index (χ1) is 27.0. The quantitative estimate of drug-likeness (QED) is 0.167. The highest BCUT2D eigenvalue weighted by molar-refractivity contribution is 6.16. The van der Waals surface area contributed by atoms with Crippen LogP contribution >= 0.6 is 0 Å². The van der Waals surface area contributed by atoms with Crippen molar-refractivity contribution >= 4 is 54.9 Å². The van der Waals surface area contributed by atoms with Gasteiger partial charge in [-0.15, -0.1) is 0 Å². The summed E-state index contributed by atoms with van der Waals surface area (Å²) in [4.78, 5) is 5.41. The predicted octanol–water partition coefficient (Wildman–Crippen LogP) is 14.4. The number of fused-ring (bicyclic) bond motifs is 7.